The van der Waals surface area contributed by atoms with Gasteiger partial charge in [-0.05, 0) is 30.7 Å². The number of aliphatic imine (C=N–C) groups is 1. The van der Waals surface area contributed by atoms with Crippen molar-refractivity contribution in [3.05, 3.63) is 30.1 Å². The molecule has 1 saturated heterocycles. The Labute approximate surface area is 105 Å². The van der Waals surface area contributed by atoms with Gasteiger partial charge < -0.3 is 15.4 Å². The monoisotopic (exact) mass is 249 g/mol. The van der Waals surface area contributed by atoms with Crippen LogP contribution in [0.4, 0.5) is 10.1 Å². The first-order chi connectivity index (χ1) is 8.75. The number of anilines is 1. The van der Waals surface area contributed by atoms with Crippen molar-refractivity contribution < 1.29 is 9.13 Å². The molecule has 1 fully saturated rings. The average Bonchev–Trinajstić information content (AvgIpc) is 2.99. The zero-order chi connectivity index (χ0) is 12.5. The Morgan fingerprint density at radius 3 is 2.78 bits per heavy atom. The van der Waals surface area contributed by atoms with E-state index in [1.165, 1.54) is 12.1 Å². The average molecular weight is 249 g/mol. The topological polar surface area (TPSA) is 50.9 Å². The molecule has 1 aromatic rings. The standard InChI is InChI=1S/C13H16FN3O/c14-10-1-3-11(4-2-10)17-12(7-16-13(17)15)9-5-6-18-8-9/h1-4,9,12H,5-8H2,(H2,15,16). The van der Waals surface area contributed by atoms with E-state index in [2.05, 4.69) is 4.99 Å². The summed E-state index contributed by atoms with van der Waals surface area (Å²) in [5, 5.41) is 0. The fourth-order valence-corrected chi connectivity index (χ4v) is 2.66. The summed E-state index contributed by atoms with van der Waals surface area (Å²) in [6.45, 7) is 2.25. The van der Waals surface area contributed by atoms with Crippen molar-refractivity contribution in [1.82, 2.24) is 0 Å². The molecule has 0 amide bonds. The van der Waals surface area contributed by atoms with Gasteiger partial charge in [-0.2, -0.15) is 0 Å². The molecular weight excluding hydrogens is 233 g/mol. The van der Waals surface area contributed by atoms with Crippen LogP contribution in [-0.4, -0.2) is 31.8 Å². The van der Waals surface area contributed by atoms with Crippen molar-refractivity contribution in [3.63, 3.8) is 0 Å². The summed E-state index contributed by atoms with van der Waals surface area (Å²) in [6, 6.07) is 6.61. The van der Waals surface area contributed by atoms with Crippen LogP contribution in [0.15, 0.2) is 29.3 Å². The number of hydrogen-bond donors (Lipinski definition) is 1. The fraction of sp³-hybridized carbons (Fsp3) is 0.462. The minimum Gasteiger partial charge on any atom is -0.381 e. The number of nitrogens with two attached hydrogens (primary N) is 1. The van der Waals surface area contributed by atoms with Crippen molar-refractivity contribution in [1.29, 1.82) is 0 Å². The lowest BCUT2D eigenvalue weighted by atomic mass is 9.98. The predicted molar refractivity (Wildman–Crippen MR) is 68.1 cm³/mol. The van der Waals surface area contributed by atoms with E-state index >= 15 is 0 Å². The number of rotatable bonds is 2. The van der Waals surface area contributed by atoms with E-state index in [0.717, 1.165) is 25.3 Å². The summed E-state index contributed by atoms with van der Waals surface area (Å²) in [5.41, 5.74) is 6.84. The maximum atomic E-state index is 13.0. The van der Waals surface area contributed by atoms with Crippen molar-refractivity contribution in [2.75, 3.05) is 24.7 Å². The zero-order valence-electron chi connectivity index (χ0n) is 10.1. The lowest BCUT2D eigenvalue weighted by Crippen LogP contribution is -2.45. The van der Waals surface area contributed by atoms with Gasteiger partial charge in [-0.25, -0.2) is 4.39 Å². The Balaban J connectivity index is 1.86. The highest BCUT2D eigenvalue weighted by molar-refractivity contribution is 5.97. The molecule has 2 atom stereocenters. The Kier molecular flexibility index (Phi) is 2.91. The van der Waals surface area contributed by atoms with Gasteiger partial charge in [-0.3, -0.25) is 4.99 Å². The first kappa shape index (κ1) is 11.5. The molecule has 4 nitrogen and oxygen atoms in total. The number of ether oxygens (including phenoxy) is 1. The van der Waals surface area contributed by atoms with E-state index in [4.69, 9.17) is 10.5 Å². The third kappa shape index (κ3) is 1.95. The highest BCUT2D eigenvalue weighted by atomic mass is 19.1. The van der Waals surface area contributed by atoms with Gasteiger partial charge in [0.05, 0.1) is 19.2 Å². The molecule has 2 aliphatic rings. The van der Waals surface area contributed by atoms with Gasteiger partial charge in [0, 0.05) is 18.2 Å². The van der Waals surface area contributed by atoms with Gasteiger partial charge in [-0.1, -0.05) is 0 Å². The third-order valence-electron chi connectivity index (χ3n) is 3.63. The molecule has 0 radical (unpaired) electrons. The lowest BCUT2D eigenvalue weighted by molar-refractivity contribution is 0.182. The van der Waals surface area contributed by atoms with E-state index in [-0.39, 0.29) is 11.9 Å². The van der Waals surface area contributed by atoms with Crippen molar-refractivity contribution in [3.8, 4) is 0 Å². The van der Waals surface area contributed by atoms with Crippen LogP contribution in [0.1, 0.15) is 6.42 Å². The molecule has 1 aromatic carbocycles. The van der Waals surface area contributed by atoms with Crippen molar-refractivity contribution >= 4 is 11.6 Å². The minimum atomic E-state index is -0.241. The number of guanidine groups is 1. The molecular formula is C13H16FN3O. The predicted octanol–water partition coefficient (Wildman–Crippen LogP) is 1.37. The van der Waals surface area contributed by atoms with Gasteiger partial charge in [0.15, 0.2) is 5.96 Å². The minimum absolute atomic E-state index is 0.234. The van der Waals surface area contributed by atoms with E-state index in [1.807, 2.05) is 4.90 Å². The Bertz CT molecular complexity index is 454. The van der Waals surface area contributed by atoms with Crippen LogP contribution < -0.4 is 10.6 Å². The van der Waals surface area contributed by atoms with Crippen LogP contribution in [0.5, 0.6) is 0 Å². The van der Waals surface area contributed by atoms with Gasteiger partial charge in [0.25, 0.3) is 0 Å². The van der Waals surface area contributed by atoms with E-state index in [0.29, 0.717) is 18.4 Å². The fourth-order valence-electron chi connectivity index (χ4n) is 2.66. The van der Waals surface area contributed by atoms with E-state index in [1.54, 1.807) is 12.1 Å². The maximum absolute atomic E-state index is 13.0. The van der Waals surface area contributed by atoms with Crippen LogP contribution in [0, 0.1) is 11.7 Å². The van der Waals surface area contributed by atoms with E-state index < -0.39 is 0 Å². The molecule has 3 rings (SSSR count). The van der Waals surface area contributed by atoms with Crippen LogP contribution in [-0.2, 0) is 4.74 Å². The second-order valence-electron chi connectivity index (χ2n) is 4.74. The molecule has 5 heteroatoms. The Hall–Kier alpha value is -1.62. The molecule has 0 spiro atoms. The molecule has 0 aliphatic carbocycles. The summed E-state index contributed by atoms with van der Waals surface area (Å²) in [4.78, 5) is 6.31. The summed E-state index contributed by atoms with van der Waals surface area (Å²) < 4.78 is 18.4. The van der Waals surface area contributed by atoms with Crippen LogP contribution in [0.2, 0.25) is 0 Å². The highest BCUT2D eigenvalue weighted by Crippen LogP contribution is 2.29. The maximum Gasteiger partial charge on any atom is 0.196 e. The highest BCUT2D eigenvalue weighted by Gasteiger charge is 2.35. The molecule has 18 heavy (non-hydrogen) atoms. The second-order valence-corrected chi connectivity index (χ2v) is 4.74. The summed E-state index contributed by atoms with van der Waals surface area (Å²) in [5.74, 6) is 0.715. The van der Waals surface area contributed by atoms with Crippen LogP contribution in [0.25, 0.3) is 0 Å². The molecule has 0 aromatic heterocycles. The van der Waals surface area contributed by atoms with Crippen molar-refractivity contribution in [2.45, 2.75) is 12.5 Å². The summed E-state index contributed by atoms with van der Waals surface area (Å²) in [6.07, 6.45) is 1.03. The first-order valence-corrected chi connectivity index (χ1v) is 6.18. The van der Waals surface area contributed by atoms with Crippen LogP contribution >= 0.6 is 0 Å². The largest absolute Gasteiger partial charge is 0.381 e. The molecule has 2 unspecified atom stereocenters. The van der Waals surface area contributed by atoms with Gasteiger partial charge in [0.2, 0.25) is 0 Å². The Morgan fingerprint density at radius 1 is 1.33 bits per heavy atom. The van der Waals surface area contributed by atoms with E-state index in [9.17, 15) is 4.39 Å². The smallest absolute Gasteiger partial charge is 0.196 e. The summed E-state index contributed by atoms with van der Waals surface area (Å²) in [7, 11) is 0. The van der Waals surface area contributed by atoms with Gasteiger partial charge in [0.1, 0.15) is 5.82 Å². The molecule has 0 bridgehead atoms. The molecule has 0 saturated carbocycles. The SMILES string of the molecule is NC1=NCC(C2CCOC2)N1c1ccc(F)cc1. The first-order valence-electron chi connectivity index (χ1n) is 6.18. The quantitative estimate of drug-likeness (QED) is 0.861. The molecule has 2 aliphatic heterocycles. The lowest BCUT2D eigenvalue weighted by Gasteiger charge is -2.29. The molecule has 96 valence electrons. The van der Waals surface area contributed by atoms with Gasteiger partial charge in [-0.15, -0.1) is 0 Å². The summed E-state index contributed by atoms with van der Waals surface area (Å²) >= 11 is 0. The second kappa shape index (κ2) is 4.57. The normalized spacial score (nSPS) is 27.6. The zero-order valence-corrected chi connectivity index (χ0v) is 10.1. The van der Waals surface area contributed by atoms with Crippen LogP contribution in [0.3, 0.4) is 0 Å². The molecule has 2 N–H and O–H groups in total. The number of halogens is 1. The number of nitrogens with zero attached hydrogens (tertiary/aromatic N) is 2. The van der Waals surface area contributed by atoms with Gasteiger partial charge >= 0.3 is 0 Å². The number of benzene rings is 1. The Morgan fingerprint density at radius 2 is 2.11 bits per heavy atom. The number of hydrogen-bond acceptors (Lipinski definition) is 4. The third-order valence-corrected chi connectivity index (χ3v) is 3.63. The molecule has 2 heterocycles. The van der Waals surface area contributed by atoms with Crippen molar-refractivity contribution in [2.24, 2.45) is 16.6 Å².